The number of unbranched alkanes of at least 4 members (excludes halogenated alkanes) is 2. The summed E-state index contributed by atoms with van der Waals surface area (Å²) in [5.74, 6) is 0.914. The molecule has 0 fully saturated rings. The van der Waals surface area contributed by atoms with Crippen LogP contribution in [0, 0.1) is 0 Å². The second-order valence-corrected chi connectivity index (χ2v) is 3.68. The number of aliphatic hydroxyl groups is 1. The van der Waals surface area contributed by atoms with Gasteiger partial charge in [0.15, 0.2) is 0 Å². The zero-order valence-electron chi connectivity index (χ0n) is 9.41. The molecule has 0 atom stereocenters. The molecule has 2 nitrogen and oxygen atoms in total. The van der Waals surface area contributed by atoms with Gasteiger partial charge in [0.1, 0.15) is 5.75 Å². The molecule has 0 bridgehead atoms. The summed E-state index contributed by atoms with van der Waals surface area (Å²) in [5.41, 5.74) is 1.13. The number of ether oxygens (including phenoxy) is 1. The van der Waals surface area contributed by atoms with Crippen LogP contribution in [0.3, 0.4) is 0 Å². The quantitative estimate of drug-likeness (QED) is 0.698. The first kappa shape index (κ1) is 12.1. The number of hydrogen-bond acceptors (Lipinski definition) is 2. The summed E-state index contributed by atoms with van der Waals surface area (Å²) in [5, 5.41) is 8.82. The van der Waals surface area contributed by atoms with E-state index in [9.17, 15) is 0 Å². The second kappa shape index (κ2) is 7.30. The van der Waals surface area contributed by atoms with Gasteiger partial charge in [-0.25, -0.2) is 0 Å². The zero-order chi connectivity index (χ0) is 10.9. The monoisotopic (exact) mass is 208 g/mol. The molecule has 0 radical (unpaired) electrons. The number of hydrogen-bond donors (Lipinski definition) is 1. The lowest BCUT2D eigenvalue weighted by Crippen LogP contribution is -1.98. The van der Waals surface area contributed by atoms with Gasteiger partial charge in [-0.1, -0.05) is 31.9 Å². The third kappa shape index (κ3) is 4.84. The smallest absolute Gasteiger partial charge is 0.119 e. The Bertz CT molecular complexity index is 271. The normalized spacial score (nSPS) is 10.3. The van der Waals surface area contributed by atoms with E-state index in [2.05, 4.69) is 6.92 Å². The highest BCUT2D eigenvalue weighted by molar-refractivity contribution is 5.28. The van der Waals surface area contributed by atoms with Crippen molar-refractivity contribution in [1.29, 1.82) is 0 Å². The van der Waals surface area contributed by atoms with E-state index in [1.54, 1.807) is 0 Å². The Morgan fingerprint density at radius 1 is 1.27 bits per heavy atom. The molecule has 0 unspecified atom stereocenters. The second-order valence-electron chi connectivity index (χ2n) is 3.68. The van der Waals surface area contributed by atoms with Gasteiger partial charge in [-0.15, -0.1) is 0 Å². The minimum absolute atomic E-state index is 0.194. The van der Waals surface area contributed by atoms with E-state index in [4.69, 9.17) is 9.84 Å². The molecule has 0 heterocycles. The summed E-state index contributed by atoms with van der Waals surface area (Å²) in [4.78, 5) is 0. The fourth-order valence-corrected chi connectivity index (χ4v) is 1.46. The largest absolute Gasteiger partial charge is 0.494 e. The predicted octanol–water partition coefficient (Wildman–Crippen LogP) is 2.79. The van der Waals surface area contributed by atoms with Crippen molar-refractivity contribution in [2.24, 2.45) is 0 Å². The molecular weight excluding hydrogens is 188 g/mol. The highest BCUT2D eigenvalue weighted by Crippen LogP contribution is 2.14. The van der Waals surface area contributed by atoms with Crippen LogP contribution in [0.15, 0.2) is 24.3 Å². The van der Waals surface area contributed by atoms with Gasteiger partial charge in [-0.2, -0.15) is 0 Å². The van der Waals surface area contributed by atoms with Crippen molar-refractivity contribution >= 4 is 0 Å². The third-order valence-electron chi connectivity index (χ3n) is 2.32. The first-order valence-corrected chi connectivity index (χ1v) is 5.69. The van der Waals surface area contributed by atoms with Crippen molar-refractivity contribution in [1.82, 2.24) is 0 Å². The molecule has 1 rings (SSSR count). The Labute approximate surface area is 91.9 Å². The van der Waals surface area contributed by atoms with Crippen molar-refractivity contribution in [2.45, 2.75) is 32.6 Å². The molecule has 0 amide bonds. The summed E-state index contributed by atoms with van der Waals surface area (Å²) < 4.78 is 5.61. The van der Waals surface area contributed by atoms with Gasteiger partial charge in [0, 0.05) is 6.61 Å². The first-order chi connectivity index (χ1) is 7.36. The van der Waals surface area contributed by atoms with Crippen LogP contribution < -0.4 is 4.74 Å². The molecule has 0 saturated heterocycles. The van der Waals surface area contributed by atoms with Crippen molar-refractivity contribution in [3.05, 3.63) is 29.8 Å². The third-order valence-corrected chi connectivity index (χ3v) is 2.32. The fourth-order valence-electron chi connectivity index (χ4n) is 1.46. The molecule has 0 aliphatic rings. The summed E-state index contributed by atoms with van der Waals surface area (Å²) in [6, 6.07) is 7.95. The van der Waals surface area contributed by atoms with E-state index in [0.717, 1.165) is 24.3 Å². The van der Waals surface area contributed by atoms with Crippen LogP contribution in [0.4, 0.5) is 0 Å². The van der Waals surface area contributed by atoms with E-state index >= 15 is 0 Å². The maximum atomic E-state index is 8.82. The first-order valence-electron chi connectivity index (χ1n) is 5.69. The summed E-state index contributed by atoms with van der Waals surface area (Å²) in [6.45, 7) is 3.16. The van der Waals surface area contributed by atoms with Crippen molar-refractivity contribution in [3.8, 4) is 5.75 Å². The van der Waals surface area contributed by atoms with Crippen molar-refractivity contribution in [2.75, 3.05) is 13.2 Å². The number of rotatable bonds is 7. The molecular formula is C13H20O2. The lowest BCUT2D eigenvalue weighted by Gasteiger charge is -2.07. The maximum Gasteiger partial charge on any atom is 0.119 e. The van der Waals surface area contributed by atoms with E-state index in [1.165, 1.54) is 12.8 Å². The summed E-state index contributed by atoms with van der Waals surface area (Å²) >= 11 is 0. The van der Waals surface area contributed by atoms with E-state index < -0.39 is 0 Å². The van der Waals surface area contributed by atoms with Crippen LogP contribution in [-0.2, 0) is 6.42 Å². The van der Waals surface area contributed by atoms with E-state index in [-0.39, 0.29) is 6.61 Å². The van der Waals surface area contributed by atoms with Gasteiger partial charge in [0.05, 0.1) is 6.61 Å². The molecule has 0 aliphatic carbocycles. The van der Waals surface area contributed by atoms with Crippen LogP contribution in [0.25, 0.3) is 0 Å². The zero-order valence-corrected chi connectivity index (χ0v) is 9.41. The average Bonchev–Trinajstić information content (AvgIpc) is 2.26. The molecule has 0 saturated carbocycles. The van der Waals surface area contributed by atoms with Gasteiger partial charge >= 0.3 is 0 Å². The Hall–Kier alpha value is -1.02. The Balaban J connectivity index is 2.36. The van der Waals surface area contributed by atoms with Gasteiger partial charge in [0.2, 0.25) is 0 Å². The Kier molecular flexibility index (Phi) is 5.86. The van der Waals surface area contributed by atoms with E-state index in [1.807, 2.05) is 24.3 Å². The topological polar surface area (TPSA) is 29.5 Å². The molecule has 0 aliphatic heterocycles. The number of benzene rings is 1. The van der Waals surface area contributed by atoms with E-state index in [0.29, 0.717) is 6.42 Å². The van der Waals surface area contributed by atoms with Crippen LogP contribution in [0.2, 0.25) is 0 Å². The fraction of sp³-hybridized carbons (Fsp3) is 0.538. The maximum absolute atomic E-state index is 8.82. The average molecular weight is 208 g/mol. The summed E-state index contributed by atoms with van der Waals surface area (Å²) in [6.07, 6.45) is 4.25. The lowest BCUT2D eigenvalue weighted by molar-refractivity contribution is 0.297. The van der Waals surface area contributed by atoms with Crippen LogP contribution in [-0.4, -0.2) is 18.3 Å². The minimum atomic E-state index is 0.194. The minimum Gasteiger partial charge on any atom is -0.494 e. The molecule has 1 N–H and O–H groups in total. The van der Waals surface area contributed by atoms with Crippen molar-refractivity contribution in [3.63, 3.8) is 0 Å². The van der Waals surface area contributed by atoms with Gasteiger partial charge in [-0.3, -0.25) is 0 Å². The van der Waals surface area contributed by atoms with Gasteiger partial charge in [-0.05, 0) is 30.5 Å². The van der Waals surface area contributed by atoms with Crippen molar-refractivity contribution < 1.29 is 9.84 Å². The van der Waals surface area contributed by atoms with Gasteiger partial charge < -0.3 is 9.84 Å². The molecule has 84 valence electrons. The molecule has 2 heteroatoms. The lowest BCUT2D eigenvalue weighted by atomic mass is 10.1. The molecule has 0 spiro atoms. The predicted molar refractivity (Wildman–Crippen MR) is 62.3 cm³/mol. The molecule has 1 aromatic rings. The van der Waals surface area contributed by atoms with Crippen LogP contribution >= 0.6 is 0 Å². The summed E-state index contributed by atoms with van der Waals surface area (Å²) in [7, 11) is 0. The SMILES string of the molecule is CCCCCOc1cccc(CCO)c1. The highest BCUT2D eigenvalue weighted by atomic mass is 16.5. The van der Waals surface area contributed by atoms with Crippen LogP contribution in [0.1, 0.15) is 31.7 Å². The van der Waals surface area contributed by atoms with Gasteiger partial charge in [0.25, 0.3) is 0 Å². The molecule has 0 aromatic heterocycles. The highest BCUT2D eigenvalue weighted by Gasteiger charge is 1.96. The Morgan fingerprint density at radius 3 is 2.87 bits per heavy atom. The Morgan fingerprint density at radius 2 is 2.13 bits per heavy atom. The van der Waals surface area contributed by atoms with Crippen LogP contribution in [0.5, 0.6) is 5.75 Å². The molecule has 15 heavy (non-hydrogen) atoms. The standard InChI is InChI=1S/C13H20O2/c1-2-3-4-10-15-13-7-5-6-12(11-13)8-9-14/h5-7,11,14H,2-4,8-10H2,1H3. The molecule has 1 aromatic carbocycles. The number of aliphatic hydroxyl groups excluding tert-OH is 1.